The lowest BCUT2D eigenvalue weighted by atomic mass is 10.1. The van der Waals surface area contributed by atoms with Crippen LogP contribution in [-0.4, -0.2) is 48.6 Å². The van der Waals surface area contributed by atoms with Gasteiger partial charge in [0.05, 0.1) is 18.5 Å². The van der Waals surface area contributed by atoms with Crippen LogP contribution in [0.3, 0.4) is 0 Å². The Balaban J connectivity index is 2.60. The molecule has 0 bridgehead atoms. The molecule has 6 heteroatoms. The maximum Gasteiger partial charge on any atom is 0.305 e. The Morgan fingerprint density at radius 3 is 2.40 bits per heavy atom. The Kier molecular flexibility index (Phi) is 6.14. The predicted molar refractivity (Wildman–Crippen MR) is 76.1 cm³/mol. The maximum atomic E-state index is 11.7. The number of carbonyl (C=O) groups excluding carboxylic acids is 1. The number of nitrogens with two attached hydrogens (primary N) is 1. The quantitative estimate of drug-likeness (QED) is 0.663. The molecule has 0 fully saturated rings. The van der Waals surface area contributed by atoms with Crippen molar-refractivity contribution in [3.8, 4) is 0 Å². The molecule has 110 valence electrons. The zero-order chi connectivity index (χ0) is 15.1. The van der Waals surface area contributed by atoms with Crippen LogP contribution in [0.2, 0.25) is 0 Å². The number of carboxylic acid groups (broad SMARTS) is 1. The second-order valence-corrected chi connectivity index (χ2v) is 4.84. The normalized spacial score (nSPS) is 13.8. The van der Waals surface area contributed by atoms with Crippen molar-refractivity contribution in [2.45, 2.75) is 18.5 Å². The highest BCUT2D eigenvalue weighted by Crippen LogP contribution is 2.16. The largest absolute Gasteiger partial charge is 0.481 e. The molecular formula is C14H21N3O3. The van der Waals surface area contributed by atoms with Gasteiger partial charge in [-0.1, -0.05) is 30.3 Å². The molecule has 0 radical (unpaired) electrons. The van der Waals surface area contributed by atoms with Crippen molar-refractivity contribution in [3.63, 3.8) is 0 Å². The van der Waals surface area contributed by atoms with Crippen LogP contribution in [-0.2, 0) is 9.59 Å². The van der Waals surface area contributed by atoms with E-state index in [1.165, 1.54) is 0 Å². The summed E-state index contributed by atoms with van der Waals surface area (Å²) in [5, 5.41) is 11.3. The lowest BCUT2D eigenvalue weighted by molar-refractivity contribution is -0.139. The molecule has 0 saturated heterocycles. The third-order valence-electron chi connectivity index (χ3n) is 3.01. The molecule has 0 saturated carbocycles. The number of likely N-dealkylation sites (N-methyl/N-ethyl adjacent to an activating group) is 1. The highest BCUT2D eigenvalue weighted by atomic mass is 16.4. The van der Waals surface area contributed by atoms with Crippen LogP contribution in [0.15, 0.2) is 30.3 Å². The summed E-state index contributed by atoms with van der Waals surface area (Å²) in [5.41, 5.74) is 6.59. The minimum absolute atomic E-state index is 0.0113. The number of hydrogen-bond acceptors (Lipinski definition) is 4. The summed E-state index contributed by atoms with van der Waals surface area (Å²) in [4.78, 5) is 24.2. The topological polar surface area (TPSA) is 95.7 Å². The number of nitrogens with zero attached hydrogens (tertiary/aromatic N) is 1. The standard InChI is InChI=1S/C14H21N3O3/c1-17(2)12(10-6-4-3-5-7-10)9-16-14(20)11(15)8-13(18)19/h3-7,11-12H,8-9,15H2,1-2H3,(H,16,20)(H,18,19). The summed E-state index contributed by atoms with van der Waals surface area (Å²) in [6.07, 6.45) is -0.371. The molecule has 1 rings (SSSR count). The first-order valence-electron chi connectivity index (χ1n) is 6.38. The van der Waals surface area contributed by atoms with Gasteiger partial charge in [-0.25, -0.2) is 0 Å². The molecule has 1 amide bonds. The van der Waals surface area contributed by atoms with Crippen molar-refractivity contribution < 1.29 is 14.7 Å². The average molecular weight is 279 g/mol. The van der Waals surface area contributed by atoms with Gasteiger partial charge in [-0.2, -0.15) is 0 Å². The lowest BCUT2D eigenvalue weighted by Crippen LogP contribution is -2.44. The molecule has 4 N–H and O–H groups in total. The van der Waals surface area contributed by atoms with Gasteiger partial charge in [-0.3, -0.25) is 9.59 Å². The number of nitrogens with one attached hydrogen (secondary N) is 1. The summed E-state index contributed by atoms with van der Waals surface area (Å²) >= 11 is 0. The second-order valence-electron chi connectivity index (χ2n) is 4.84. The molecule has 1 aromatic carbocycles. The molecular weight excluding hydrogens is 258 g/mol. The van der Waals surface area contributed by atoms with Gasteiger partial charge in [0.1, 0.15) is 0 Å². The fraction of sp³-hybridized carbons (Fsp3) is 0.429. The Morgan fingerprint density at radius 1 is 1.30 bits per heavy atom. The van der Waals surface area contributed by atoms with Crippen LogP contribution in [0.1, 0.15) is 18.0 Å². The Morgan fingerprint density at radius 2 is 1.90 bits per heavy atom. The first kappa shape index (κ1) is 16.1. The Bertz CT molecular complexity index is 448. The number of benzene rings is 1. The molecule has 0 aliphatic carbocycles. The molecule has 0 spiro atoms. The van der Waals surface area contributed by atoms with Crippen molar-refractivity contribution >= 4 is 11.9 Å². The van der Waals surface area contributed by atoms with Gasteiger partial charge in [0.2, 0.25) is 5.91 Å². The summed E-state index contributed by atoms with van der Waals surface area (Å²) in [6, 6.07) is 8.75. The summed E-state index contributed by atoms with van der Waals surface area (Å²) in [6.45, 7) is 0.378. The molecule has 2 atom stereocenters. The number of amides is 1. The van der Waals surface area contributed by atoms with E-state index in [1.54, 1.807) is 0 Å². The number of aliphatic carboxylic acids is 1. The monoisotopic (exact) mass is 279 g/mol. The third kappa shape index (κ3) is 4.99. The summed E-state index contributed by atoms with van der Waals surface area (Å²) in [7, 11) is 3.84. The number of carboxylic acids is 1. The lowest BCUT2D eigenvalue weighted by Gasteiger charge is -2.25. The number of rotatable bonds is 7. The third-order valence-corrected chi connectivity index (χ3v) is 3.01. The Labute approximate surface area is 118 Å². The van der Waals surface area contributed by atoms with Crippen molar-refractivity contribution in [1.29, 1.82) is 0 Å². The van der Waals surface area contributed by atoms with E-state index in [2.05, 4.69) is 5.32 Å². The van der Waals surface area contributed by atoms with Gasteiger partial charge in [0, 0.05) is 6.54 Å². The molecule has 0 aliphatic heterocycles. The van der Waals surface area contributed by atoms with E-state index < -0.39 is 17.9 Å². The van der Waals surface area contributed by atoms with E-state index in [4.69, 9.17) is 10.8 Å². The predicted octanol–water partition coefficient (Wildman–Crippen LogP) is 0.208. The van der Waals surface area contributed by atoms with Gasteiger partial charge < -0.3 is 21.1 Å². The smallest absolute Gasteiger partial charge is 0.305 e. The van der Waals surface area contributed by atoms with Crippen molar-refractivity contribution in [2.75, 3.05) is 20.6 Å². The summed E-state index contributed by atoms with van der Waals surface area (Å²) < 4.78 is 0. The summed E-state index contributed by atoms with van der Waals surface area (Å²) in [5.74, 6) is -1.53. The Hall–Kier alpha value is -1.92. The van der Waals surface area contributed by atoms with Gasteiger partial charge in [0.25, 0.3) is 0 Å². The van der Waals surface area contributed by atoms with E-state index >= 15 is 0 Å². The highest BCUT2D eigenvalue weighted by Gasteiger charge is 2.19. The number of hydrogen-bond donors (Lipinski definition) is 3. The molecule has 0 heterocycles. The van der Waals surface area contributed by atoms with Gasteiger partial charge >= 0.3 is 5.97 Å². The van der Waals surface area contributed by atoms with E-state index in [0.717, 1.165) is 5.56 Å². The van der Waals surface area contributed by atoms with Gasteiger partial charge in [0.15, 0.2) is 0 Å². The van der Waals surface area contributed by atoms with E-state index in [-0.39, 0.29) is 12.5 Å². The highest BCUT2D eigenvalue weighted by molar-refractivity contribution is 5.85. The molecule has 0 aromatic heterocycles. The first-order valence-corrected chi connectivity index (χ1v) is 6.38. The van der Waals surface area contributed by atoms with Gasteiger partial charge in [-0.15, -0.1) is 0 Å². The maximum absolute atomic E-state index is 11.7. The van der Waals surface area contributed by atoms with Crippen molar-refractivity contribution in [1.82, 2.24) is 10.2 Å². The first-order chi connectivity index (χ1) is 9.41. The fourth-order valence-electron chi connectivity index (χ4n) is 1.88. The van der Waals surface area contributed by atoms with Crippen molar-refractivity contribution in [3.05, 3.63) is 35.9 Å². The fourth-order valence-corrected chi connectivity index (χ4v) is 1.88. The zero-order valence-corrected chi connectivity index (χ0v) is 11.7. The van der Waals surface area contributed by atoms with Crippen LogP contribution >= 0.6 is 0 Å². The van der Waals surface area contributed by atoms with Crippen molar-refractivity contribution in [2.24, 2.45) is 5.73 Å². The van der Waals surface area contributed by atoms with E-state index in [9.17, 15) is 9.59 Å². The van der Waals surface area contributed by atoms with Gasteiger partial charge in [-0.05, 0) is 19.7 Å². The number of carbonyl (C=O) groups is 2. The van der Waals surface area contributed by atoms with E-state index in [1.807, 2.05) is 49.3 Å². The molecule has 1 aromatic rings. The average Bonchev–Trinajstić information content (AvgIpc) is 2.38. The molecule has 0 aliphatic rings. The molecule has 20 heavy (non-hydrogen) atoms. The minimum atomic E-state index is -1.08. The zero-order valence-electron chi connectivity index (χ0n) is 11.7. The SMILES string of the molecule is CN(C)C(CNC(=O)C(N)CC(=O)O)c1ccccc1. The van der Waals surface area contributed by atoms with Crippen LogP contribution < -0.4 is 11.1 Å². The van der Waals surface area contributed by atoms with Crippen LogP contribution in [0, 0.1) is 0 Å². The minimum Gasteiger partial charge on any atom is -0.481 e. The molecule has 6 nitrogen and oxygen atoms in total. The molecule has 2 unspecified atom stereocenters. The van der Waals surface area contributed by atoms with E-state index in [0.29, 0.717) is 6.54 Å². The van der Waals surface area contributed by atoms with Crippen LogP contribution in [0.4, 0.5) is 0 Å². The second kappa shape index (κ2) is 7.62. The van der Waals surface area contributed by atoms with Crippen LogP contribution in [0.25, 0.3) is 0 Å². The van der Waals surface area contributed by atoms with Crippen LogP contribution in [0.5, 0.6) is 0 Å².